The fourth-order valence-corrected chi connectivity index (χ4v) is 2.88. The number of hydrogen-bond acceptors (Lipinski definition) is 2. The Balaban J connectivity index is 1.80. The molecule has 82 valence electrons. The van der Waals surface area contributed by atoms with Crippen molar-refractivity contribution < 1.29 is 13.5 Å². The van der Waals surface area contributed by atoms with Gasteiger partial charge in [0.2, 0.25) is 0 Å². The van der Waals surface area contributed by atoms with Crippen LogP contribution in [0.25, 0.3) is 0 Å². The smallest absolute Gasteiger partial charge is 0.261 e. The highest BCUT2D eigenvalue weighted by Gasteiger charge is 2.21. The highest BCUT2D eigenvalue weighted by Crippen LogP contribution is 2.36. The molecule has 0 fully saturated rings. The third kappa shape index (κ3) is 2.92. The van der Waals surface area contributed by atoms with E-state index in [9.17, 15) is 8.78 Å². The summed E-state index contributed by atoms with van der Waals surface area (Å²) in [5.41, 5.74) is 1.30. The maximum Gasteiger partial charge on any atom is 0.261 e. The number of rotatable bonds is 4. The molecule has 0 radical (unpaired) electrons. The molecule has 0 aromatic heterocycles. The number of halogens is 2. The highest BCUT2D eigenvalue weighted by molar-refractivity contribution is 8.00. The van der Waals surface area contributed by atoms with Crippen LogP contribution in [0.4, 0.5) is 8.78 Å². The van der Waals surface area contributed by atoms with Gasteiger partial charge < -0.3 is 4.74 Å². The number of ether oxygens (including phenoxy) is 1. The van der Waals surface area contributed by atoms with Crippen molar-refractivity contribution in [2.45, 2.75) is 23.0 Å². The lowest BCUT2D eigenvalue weighted by Gasteiger charge is -2.08. The van der Waals surface area contributed by atoms with Gasteiger partial charge in [-0.3, -0.25) is 0 Å². The zero-order valence-corrected chi connectivity index (χ0v) is 8.97. The molecule has 1 aliphatic rings. The lowest BCUT2D eigenvalue weighted by molar-refractivity contribution is 0.0184. The van der Waals surface area contributed by atoms with Crippen LogP contribution in [0.15, 0.2) is 29.2 Å². The number of fused-ring (bicyclic) bond motifs is 1. The van der Waals surface area contributed by atoms with Gasteiger partial charge in [0.25, 0.3) is 6.43 Å². The third-order valence-electron chi connectivity index (χ3n) is 2.26. The average molecular weight is 230 g/mol. The fraction of sp³-hybridized carbons (Fsp3) is 0.455. The second-order valence-electron chi connectivity index (χ2n) is 3.48. The minimum Gasteiger partial charge on any atom is -0.374 e. The molecule has 0 amide bonds. The van der Waals surface area contributed by atoms with E-state index in [4.69, 9.17) is 4.74 Å². The Hall–Kier alpha value is -0.610. The third-order valence-corrected chi connectivity index (χ3v) is 3.55. The standard InChI is InChI=1S/C11H12F2OS/c12-11(13)7-14-6-9-5-8-3-1-2-4-10(8)15-9/h1-4,9,11H,5-7H2. The molecular formula is C11H12F2OS. The van der Waals surface area contributed by atoms with Crippen LogP contribution in [0.2, 0.25) is 0 Å². The monoisotopic (exact) mass is 230 g/mol. The zero-order valence-electron chi connectivity index (χ0n) is 8.16. The van der Waals surface area contributed by atoms with Gasteiger partial charge in [-0.05, 0) is 18.1 Å². The molecule has 0 N–H and O–H groups in total. The Labute approximate surface area is 91.8 Å². The molecule has 0 saturated carbocycles. The van der Waals surface area contributed by atoms with E-state index in [1.807, 2.05) is 12.1 Å². The molecule has 1 aromatic rings. The molecule has 0 spiro atoms. The van der Waals surface area contributed by atoms with Crippen LogP contribution in [0, 0.1) is 0 Å². The summed E-state index contributed by atoms with van der Waals surface area (Å²) in [5, 5.41) is 0.293. The summed E-state index contributed by atoms with van der Waals surface area (Å²) in [4.78, 5) is 1.25. The largest absolute Gasteiger partial charge is 0.374 e. The van der Waals surface area contributed by atoms with E-state index in [0.717, 1.165) is 6.42 Å². The van der Waals surface area contributed by atoms with Crippen LogP contribution in [-0.2, 0) is 11.2 Å². The van der Waals surface area contributed by atoms with E-state index in [-0.39, 0.29) is 0 Å². The molecule has 15 heavy (non-hydrogen) atoms. The van der Waals surface area contributed by atoms with E-state index < -0.39 is 13.0 Å². The molecule has 0 aliphatic carbocycles. The first kappa shape index (κ1) is 10.9. The van der Waals surface area contributed by atoms with Crippen molar-refractivity contribution in [2.24, 2.45) is 0 Å². The van der Waals surface area contributed by atoms with E-state index in [1.54, 1.807) is 11.8 Å². The SMILES string of the molecule is FC(F)COCC1Cc2ccccc2S1. The fourth-order valence-electron chi connectivity index (χ4n) is 1.64. The normalized spacial score (nSPS) is 19.5. The molecule has 0 saturated heterocycles. The molecular weight excluding hydrogens is 218 g/mol. The Bertz CT molecular complexity index is 305. The molecule has 1 unspecified atom stereocenters. The van der Waals surface area contributed by atoms with E-state index >= 15 is 0 Å². The van der Waals surface area contributed by atoms with Crippen molar-refractivity contribution in [3.05, 3.63) is 29.8 Å². The molecule has 1 atom stereocenters. The number of benzene rings is 1. The van der Waals surface area contributed by atoms with Crippen molar-refractivity contribution in [1.29, 1.82) is 0 Å². The van der Waals surface area contributed by atoms with Gasteiger partial charge in [-0.1, -0.05) is 18.2 Å². The first-order valence-corrected chi connectivity index (χ1v) is 5.74. The Morgan fingerprint density at radius 3 is 2.93 bits per heavy atom. The molecule has 1 nitrogen and oxygen atoms in total. The van der Waals surface area contributed by atoms with Gasteiger partial charge in [-0.2, -0.15) is 0 Å². The van der Waals surface area contributed by atoms with Gasteiger partial charge in [-0.15, -0.1) is 11.8 Å². The van der Waals surface area contributed by atoms with E-state index in [2.05, 4.69) is 12.1 Å². The number of alkyl halides is 2. The number of hydrogen-bond donors (Lipinski definition) is 0. The van der Waals surface area contributed by atoms with Gasteiger partial charge in [0.05, 0.1) is 6.61 Å². The van der Waals surface area contributed by atoms with Crippen molar-refractivity contribution >= 4 is 11.8 Å². The molecule has 4 heteroatoms. The van der Waals surface area contributed by atoms with Gasteiger partial charge in [0.1, 0.15) is 6.61 Å². The summed E-state index contributed by atoms with van der Waals surface area (Å²) >= 11 is 1.72. The van der Waals surface area contributed by atoms with Gasteiger partial charge in [0.15, 0.2) is 0 Å². The molecule has 1 aromatic carbocycles. The molecule has 2 rings (SSSR count). The van der Waals surface area contributed by atoms with Crippen molar-refractivity contribution in [2.75, 3.05) is 13.2 Å². The maximum absolute atomic E-state index is 11.8. The van der Waals surface area contributed by atoms with Crippen LogP contribution in [0.5, 0.6) is 0 Å². The summed E-state index contributed by atoms with van der Waals surface area (Å²) in [6.45, 7) is -0.0446. The summed E-state index contributed by atoms with van der Waals surface area (Å²) in [6, 6.07) is 8.14. The minimum atomic E-state index is -2.36. The van der Waals surface area contributed by atoms with Gasteiger partial charge in [-0.25, -0.2) is 8.78 Å². The van der Waals surface area contributed by atoms with Crippen molar-refractivity contribution in [1.82, 2.24) is 0 Å². The molecule has 0 bridgehead atoms. The van der Waals surface area contributed by atoms with Crippen LogP contribution >= 0.6 is 11.8 Å². The van der Waals surface area contributed by atoms with Crippen LogP contribution in [0.1, 0.15) is 5.56 Å². The summed E-state index contributed by atoms with van der Waals surface area (Å²) in [5.74, 6) is 0. The van der Waals surface area contributed by atoms with E-state index in [0.29, 0.717) is 11.9 Å². The Kier molecular flexibility index (Phi) is 3.59. The van der Waals surface area contributed by atoms with E-state index in [1.165, 1.54) is 10.5 Å². The van der Waals surface area contributed by atoms with Gasteiger partial charge >= 0.3 is 0 Å². The first-order valence-electron chi connectivity index (χ1n) is 4.86. The highest BCUT2D eigenvalue weighted by atomic mass is 32.2. The van der Waals surface area contributed by atoms with Crippen LogP contribution < -0.4 is 0 Å². The lowest BCUT2D eigenvalue weighted by atomic mass is 10.1. The quantitative estimate of drug-likeness (QED) is 0.786. The Morgan fingerprint density at radius 1 is 1.40 bits per heavy atom. The average Bonchev–Trinajstić information content (AvgIpc) is 2.59. The van der Waals surface area contributed by atoms with Gasteiger partial charge in [0, 0.05) is 10.1 Å². The summed E-state index contributed by atoms with van der Waals surface area (Å²) < 4.78 is 28.6. The van der Waals surface area contributed by atoms with Crippen LogP contribution in [0.3, 0.4) is 0 Å². The molecule has 1 heterocycles. The predicted octanol–water partition coefficient (Wildman–Crippen LogP) is 2.99. The zero-order chi connectivity index (χ0) is 10.7. The topological polar surface area (TPSA) is 9.23 Å². The number of thioether (sulfide) groups is 1. The minimum absolute atomic E-state index is 0.293. The van der Waals surface area contributed by atoms with Crippen LogP contribution in [-0.4, -0.2) is 24.9 Å². The molecule has 1 aliphatic heterocycles. The first-order chi connectivity index (χ1) is 7.25. The predicted molar refractivity (Wildman–Crippen MR) is 56.6 cm³/mol. The van der Waals surface area contributed by atoms with Crippen molar-refractivity contribution in [3.63, 3.8) is 0 Å². The second kappa shape index (κ2) is 4.94. The van der Waals surface area contributed by atoms with Crippen molar-refractivity contribution in [3.8, 4) is 0 Å². The lowest BCUT2D eigenvalue weighted by Crippen LogP contribution is -2.14. The summed E-state index contributed by atoms with van der Waals surface area (Å²) in [7, 11) is 0. The summed E-state index contributed by atoms with van der Waals surface area (Å²) in [6.07, 6.45) is -1.44. The second-order valence-corrected chi connectivity index (χ2v) is 4.82. The maximum atomic E-state index is 11.8. The Morgan fingerprint density at radius 2 is 2.20 bits per heavy atom.